The molecule has 158 valence electrons. The van der Waals surface area contributed by atoms with Crippen molar-refractivity contribution >= 4 is 6.09 Å². The normalized spacial score (nSPS) is 19.9. The molecule has 0 spiro atoms. The summed E-state index contributed by atoms with van der Waals surface area (Å²) in [4.78, 5) is 17.4. The van der Waals surface area contributed by atoms with Gasteiger partial charge in [0, 0.05) is 25.7 Å². The van der Waals surface area contributed by atoms with Crippen molar-refractivity contribution in [2.75, 3.05) is 13.1 Å². The Hall–Kier alpha value is -2.84. The van der Waals surface area contributed by atoms with E-state index in [1.807, 2.05) is 56.0 Å². The SMILES string of the molecule is C[C@H]1CN(Cc2ccccc2)CC(Cc2ccc(C#N)cc2)N1C(=O)OC(C)(C)C. The second-order valence-electron chi connectivity index (χ2n) is 9.08. The first kappa shape index (κ1) is 21.9. The van der Waals surface area contributed by atoms with Crippen LogP contribution in [-0.2, 0) is 17.7 Å². The van der Waals surface area contributed by atoms with E-state index in [0.29, 0.717) is 5.56 Å². The fourth-order valence-corrected chi connectivity index (χ4v) is 4.05. The molecule has 5 heteroatoms. The zero-order chi connectivity index (χ0) is 21.7. The van der Waals surface area contributed by atoms with Crippen LogP contribution in [-0.4, -0.2) is 46.7 Å². The minimum absolute atomic E-state index is 0.000230. The molecular weight excluding hydrogens is 374 g/mol. The van der Waals surface area contributed by atoms with Crippen molar-refractivity contribution in [2.24, 2.45) is 0 Å². The van der Waals surface area contributed by atoms with E-state index >= 15 is 0 Å². The van der Waals surface area contributed by atoms with Crippen LogP contribution in [0.25, 0.3) is 0 Å². The molecule has 2 aromatic rings. The molecular formula is C25H31N3O2. The van der Waals surface area contributed by atoms with Gasteiger partial charge < -0.3 is 4.74 Å². The predicted molar refractivity (Wildman–Crippen MR) is 118 cm³/mol. The monoisotopic (exact) mass is 405 g/mol. The van der Waals surface area contributed by atoms with Crippen molar-refractivity contribution in [1.82, 2.24) is 9.80 Å². The van der Waals surface area contributed by atoms with Crippen LogP contribution in [0.15, 0.2) is 54.6 Å². The number of amides is 1. The van der Waals surface area contributed by atoms with E-state index in [0.717, 1.165) is 31.6 Å². The molecule has 0 aromatic heterocycles. The quantitative estimate of drug-likeness (QED) is 0.745. The summed E-state index contributed by atoms with van der Waals surface area (Å²) < 4.78 is 5.73. The molecule has 1 saturated heterocycles. The highest BCUT2D eigenvalue weighted by Crippen LogP contribution is 2.24. The van der Waals surface area contributed by atoms with Crippen molar-refractivity contribution in [2.45, 2.75) is 58.3 Å². The van der Waals surface area contributed by atoms with Gasteiger partial charge in [-0.3, -0.25) is 9.80 Å². The molecule has 0 aliphatic carbocycles. The summed E-state index contributed by atoms with van der Waals surface area (Å²) in [5.41, 5.74) is 2.50. The number of piperazine rings is 1. The van der Waals surface area contributed by atoms with Gasteiger partial charge in [0.1, 0.15) is 5.60 Å². The van der Waals surface area contributed by atoms with Gasteiger partial charge in [-0.25, -0.2) is 4.79 Å². The second kappa shape index (κ2) is 9.32. The Kier molecular flexibility index (Phi) is 6.79. The minimum atomic E-state index is -0.531. The maximum atomic E-state index is 13.0. The van der Waals surface area contributed by atoms with Gasteiger partial charge in [-0.1, -0.05) is 42.5 Å². The molecule has 2 aromatic carbocycles. The van der Waals surface area contributed by atoms with Crippen LogP contribution in [0.1, 0.15) is 44.4 Å². The molecule has 1 aliphatic rings. The van der Waals surface area contributed by atoms with Crippen LogP contribution in [0.4, 0.5) is 4.79 Å². The minimum Gasteiger partial charge on any atom is -0.444 e. The van der Waals surface area contributed by atoms with Crippen LogP contribution < -0.4 is 0 Å². The number of nitrogens with zero attached hydrogens (tertiary/aromatic N) is 3. The van der Waals surface area contributed by atoms with Gasteiger partial charge in [-0.05, 0) is 57.4 Å². The molecule has 30 heavy (non-hydrogen) atoms. The lowest BCUT2D eigenvalue weighted by atomic mass is 9.98. The van der Waals surface area contributed by atoms with E-state index in [1.54, 1.807) is 0 Å². The zero-order valence-corrected chi connectivity index (χ0v) is 18.3. The van der Waals surface area contributed by atoms with E-state index in [2.05, 4.69) is 42.2 Å². The molecule has 3 rings (SSSR count). The molecule has 1 aliphatic heterocycles. The van der Waals surface area contributed by atoms with Crippen molar-refractivity contribution in [3.05, 3.63) is 71.3 Å². The third-order valence-electron chi connectivity index (χ3n) is 5.27. The van der Waals surface area contributed by atoms with Crippen LogP contribution >= 0.6 is 0 Å². The van der Waals surface area contributed by atoms with Gasteiger partial charge in [-0.15, -0.1) is 0 Å². The number of hydrogen-bond acceptors (Lipinski definition) is 4. The Bertz CT molecular complexity index is 881. The van der Waals surface area contributed by atoms with Gasteiger partial charge in [0.2, 0.25) is 0 Å². The van der Waals surface area contributed by atoms with E-state index in [1.165, 1.54) is 5.56 Å². The second-order valence-corrected chi connectivity index (χ2v) is 9.08. The first-order valence-corrected chi connectivity index (χ1v) is 10.5. The first-order valence-electron chi connectivity index (χ1n) is 10.5. The van der Waals surface area contributed by atoms with Crippen LogP contribution in [0, 0.1) is 11.3 Å². The average Bonchev–Trinajstić information content (AvgIpc) is 2.67. The Balaban J connectivity index is 1.81. The predicted octanol–water partition coefficient (Wildman–Crippen LogP) is 4.61. The van der Waals surface area contributed by atoms with Gasteiger partial charge in [0.25, 0.3) is 0 Å². The maximum Gasteiger partial charge on any atom is 0.410 e. The van der Waals surface area contributed by atoms with Crippen molar-refractivity contribution in [3.63, 3.8) is 0 Å². The molecule has 0 bridgehead atoms. The first-order chi connectivity index (χ1) is 14.2. The van der Waals surface area contributed by atoms with Gasteiger partial charge in [0.15, 0.2) is 0 Å². The Labute approximate surface area is 179 Å². The molecule has 1 unspecified atom stereocenters. The lowest BCUT2D eigenvalue weighted by Crippen LogP contribution is -2.60. The standard InChI is InChI=1S/C25H31N3O2/c1-19-16-27(17-22-8-6-5-7-9-22)18-23(28(19)24(29)30-25(2,3)4)14-20-10-12-21(15-26)13-11-20/h5-13,19,23H,14,16-18H2,1-4H3/t19-,23?/m0/s1. The molecule has 0 N–H and O–H groups in total. The summed E-state index contributed by atoms with van der Waals surface area (Å²) in [5.74, 6) is 0. The summed E-state index contributed by atoms with van der Waals surface area (Å²) in [7, 11) is 0. The number of ether oxygens (including phenoxy) is 1. The third kappa shape index (κ3) is 5.84. The van der Waals surface area contributed by atoms with Gasteiger partial charge in [-0.2, -0.15) is 5.26 Å². The third-order valence-corrected chi connectivity index (χ3v) is 5.27. The summed E-state index contributed by atoms with van der Waals surface area (Å²) >= 11 is 0. The molecule has 5 nitrogen and oxygen atoms in total. The highest BCUT2D eigenvalue weighted by Gasteiger charge is 2.37. The number of carbonyl (C=O) groups excluding carboxylic acids is 1. The number of carbonyl (C=O) groups is 1. The smallest absolute Gasteiger partial charge is 0.410 e. The summed E-state index contributed by atoms with van der Waals surface area (Å²) in [6.07, 6.45) is 0.466. The fraction of sp³-hybridized carbons (Fsp3) is 0.440. The lowest BCUT2D eigenvalue weighted by molar-refractivity contribution is -0.0197. The van der Waals surface area contributed by atoms with Crippen LogP contribution in [0.2, 0.25) is 0 Å². The van der Waals surface area contributed by atoms with E-state index in [-0.39, 0.29) is 18.2 Å². The van der Waals surface area contributed by atoms with E-state index in [9.17, 15) is 4.79 Å². The highest BCUT2D eigenvalue weighted by atomic mass is 16.6. The highest BCUT2D eigenvalue weighted by molar-refractivity contribution is 5.69. The molecule has 2 atom stereocenters. The van der Waals surface area contributed by atoms with Crippen molar-refractivity contribution in [1.29, 1.82) is 5.26 Å². The Morgan fingerprint density at radius 1 is 1.07 bits per heavy atom. The summed E-state index contributed by atoms with van der Waals surface area (Å²) in [6, 6.07) is 20.3. The number of hydrogen-bond donors (Lipinski definition) is 0. The number of benzene rings is 2. The fourth-order valence-electron chi connectivity index (χ4n) is 4.05. The summed E-state index contributed by atoms with van der Waals surface area (Å²) in [5, 5.41) is 9.06. The molecule has 1 amide bonds. The zero-order valence-electron chi connectivity index (χ0n) is 18.3. The van der Waals surface area contributed by atoms with Crippen molar-refractivity contribution < 1.29 is 9.53 Å². The Morgan fingerprint density at radius 3 is 2.33 bits per heavy atom. The van der Waals surface area contributed by atoms with E-state index in [4.69, 9.17) is 10.00 Å². The van der Waals surface area contributed by atoms with Crippen LogP contribution in [0.5, 0.6) is 0 Å². The van der Waals surface area contributed by atoms with E-state index < -0.39 is 5.60 Å². The maximum absolute atomic E-state index is 13.0. The molecule has 1 fully saturated rings. The summed E-state index contributed by atoms with van der Waals surface area (Å²) in [6.45, 7) is 10.2. The van der Waals surface area contributed by atoms with Crippen molar-refractivity contribution in [3.8, 4) is 6.07 Å². The lowest BCUT2D eigenvalue weighted by Gasteiger charge is -2.46. The average molecular weight is 406 g/mol. The molecule has 1 heterocycles. The van der Waals surface area contributed by atoms with Crippen LogP contribution in [0.3, 0.4) is 0 Å². The number of nitriles is 1. The number of rotatable bonds is 4. The topological polar surface area (TPSA) is 56.6 Å². The largest absolute Gasteiger partial charge is 0.444 e. The van der Waals surface area contributed by atoms with Gasteiger partial charge >= 0.3 is 6.09 Å². The van der Waals surface area contributed by atoms with Gasteiger partial charge in [0.05, 0.1) is 17.7 Å². The molecule has 0 saturated carbocycles. The Morgan fingerprint density at radius 2 is 1.73 bits per heavy atom. The molecule has 0 radical (unpaired) electrons.